The van der Waals surface area contributed by atoms with E-state index in [4.69, 9.17) is 0 Å². The summed E-state index contributed by atoms with van der Waals surface area (Å²) in [6, 6.07) is 0.619. The molecule has 0 unspecified atom stereocenters. The van der Waals surface area contributed by atoms with Crippen LogP contribution in [0.2, 0.25) is 0 Å². The highest BCUT2D eigenvalue weighted by Crippen LogP contribution is 2.23. The van der Waals surface area contributed by atoms with E-state index in [1.807, 2.05) is 0 Å². The fourth-order valence-corrected chi connectivity index (χ4v) is 3.39. The fraction of sp³-hybridized carbons (Fsp3) is 0.867. The molecule has 0 aromatic carbocycles. The molecule has 2 aliphatic rings. The third kappa shape index (κ3) is 4.22. The zero-order valence-electron chi connectivity index (χ0n) is 12.0. The van der Waals surface area contributed by atoms with Gasteiger partial charge in [-0.05, 0) is 25.7 Å². The van der Waals surface area contributed by atoms with Gasteiger partial charge in [0.25, 0.3) is 0 Å². The molecule has 0 atom stereocenters. The van der Waals surface area contributed by atoms with Crippen LogP contribution in [0.25, 0.3) is 0 Å². The van der Waals surface area contributed by atoms with Gasteiger partial charge in [-0.1, -0.05) is 32.1 Å². The summed E-state index contributed by atoms with van der Waals surface area (Å²) >= 11 is 0. The molecular weight excluding hydrogens is 240 g/mol. The number of hydrogen-bond acceptors (Lipinski definition) is 2. The Labute approximate surface area is 115 Å². The van der Waals surface area contributed by atoms with Gasteiger partial charge < -0.3 is 10.2 Å². The third-order valence-electron chi connectivity index (χ3n) is 4.45. The second-order valence-corrected chi connectivity index (χ2v) is 5.99. The van der Waals surface area contributed by atoms with E-state index < -0.39 is 0 Å². The van der Waals surface area contributed by atoms with Crippen LogP contribution in [0, 0.1) is 0 Å². The smallest absolute Gasteiger partial charge is 0.239 e. The average molecular weight is 266 g/mol. The predicted octanol–water partition coefficient (Wildman–Crippen LogP) is 2.23. The molecular formula is C15H26N2O2. The standard InChI is InChI=1S/C15H26N2O2/c1-12(18)17(14-9-5-6-10-14)11-15(19)16-13-7-3-2-4-8-13/h13-14H,2-11H2,1H3,(H,16,19). The lowest BCUT2D eigenvalue weighted by atomic mass is 9.95. The van der Waals surface area contributed by atoms with Crippen molar-refractivity contribution in [2.24, 2.45) is 0 Å². The number of carbonyl (C=O) groups is 2. The molecule has 19 heavy (non-hydrogen) atoms. The molecule has 0 radical (unpaired) electrons. The Morgan fingerprint density at radius 3 is 2.16 bits per heavy atom. The van der Waals surface area contributed by atoms with Gasteiger partial charge in [0.15, 0.2) is 0 Å². The van der Waals surface area contributed by atoms with Crippen LogP contribution in [0.4, 0.5) is 0 Å². The minimum atomic E-state index is 0.0222. The third-order valence-corrected chi connectivity index (χ3v) is 4.45. The maximum absolute atomic E-state index is 12.1. The summed E-state index contributed by atoms with van der Waals surface area (Å²) in [6.07, 6.45) is 10.4. The van der Waals surface area contributed by atoms with Crippen LogP contribution in [0.3, 0.4) is 0 Å². The molecule has 4 heteroatoms. The van der Waals surface area contributed by atoms with Crippen LogP contribution in [0.15, 0.2) is 0 Å². The average Bonchev–Trinajstić information content (AvgIpc) is 2.90. The lowest BCUT2D eigenvalue weighted by Gasteiger charge is -2.29. The van der Waals surface area contributed by atoms with Gasteiger partial charge in [0, 0.05) is 19.0 Å². The topological polar surface area (TPSA) is 49.4 Å². The number of amides is 2. The second-order valence-electron chi connectivity index (χ2n) is 5.99. The van der Waals surface area contributed by atoms with Gasteiger partial charge in [-0.15, -0.1) is 0 Å². The summed E-state index contributed by atoms with van der Waals surface area (Å²) in [7, 11) is 0. The van der Waals surface area contributed by atoms with Gasteiger partial charge in [-0.25, -0.2) is 0 Å². The Hall–Kier alpha value is -1.06. The molecule has 2 amide bonds. The van der Waals surface area contributed by atoms with E-state index in [1.54, 1.807) is 11.8 Å². The molecule has 108 valence electrons. The molecule has 2 fully saturated rings. The van der Waals surface area contributed by atoms with Gasteiger partial charge in [0.2, 0.25) is 11.8 Å². The first-order valence-corrected chi connectivity index (χ1v) is 7.73. The van der Waals surface area contributed by atoms with E-state index >= 15 is 0 Å². The Balaban J connectivity index is 1.82. The molecule has 0 saturated heterocycles. The summed E-state index contributed by atoms with van der Waals surface area (Å²) in [6.45, 7) is 1.82. The number of nitrogens with one attached hydrogen (secondary N) is 1. The van der Waals surface area contributed by atoms with Gasteiger partial charge in [0.1, 0.15) is 0 Å². The maximum Gasteiger partial charge on any atom is 0.239 e. The highest BCUT2D eigenvalue weighted by Gasteiger charge is 2.27. The Bertz CT molecular complexity index is 318. The molecule has 1 N–H and O–H groups in total. The number of nitrogens with zero attached hydrogens (tertiary/aromatic N) is 1. The van der Waals surface area contributed by atoms with Crippen LogP contribution in [-0.4, -0.2) is 35.3 Å². The van der Waals surface area contributed by atoms with Gasteiger partial charge in [-0.3, -0.25) is 9.59 Å². The van der Waals surface area contributed by atoms with Crippen LogP contribution in [0.5, 0.6) is 0 Å². The Kier molecular flexibility index (Phi) is 5.23. The van der Waals surface area contributed by atoms with E-state index in [1.165, 1.54) is 32.1 Å². The fourth-order valence-electron chi connectivity index (χ4n) is 3.39. The van der Waals surface area contributed by atoms with Gasteiger partial charge >= 0.3 is 0 Å². The van der Waals surface area contributed by atoms with E-state index in [-0.39, 0.29) is 24.4 Å². The molecule has 0 spiro atoms. The SMILES string of the molecule is CC(=O)N(CC(=O)NC1CCCCC1)C1CCCC1. The van der Waals surface area contributed by atoms with Crippen molar-refractivity contribution < 1.29 is 9.59 Å². The minimum Gasteiger partial charge on any atom is -0.352 e. The first kappa shape index (κ1) is 14.4. The van der Waals surface area contributed by atoms with E-state index in [0.717, 1.165) is 25.7 Å². The molecule has 0 heterocycles. The summed E-state index contributed by atoms with van der Waals surface area (Å²) in [4.78, 5) is 25.6. The second kappa shape index (κ2) is 6.92. The molecule has 2 rings (SSSR count). The summed E-state index contributed by atoms with van der Waals surface area (Å²) < 4.78 is 0. The lowest BCUT2D eigenvalue weighted by Crippen LogP contribution is -2.47. The van der Waals surface area contributed by atoms with Crippen LogP contribution in [-0.2, 0) is 9.59 Å². The summed E-state index contributed by atoms with van der Waals surface area (Å²) in [5.41, 5.74) is 0. The normalized spacial score (nSPS) is 21.3. The largest absolute Gasteiger partial charge is 0.352 e. The summed E-state index contributed by atoms with van der Waals surface area (Å²) in [5, 5.41) is 3.09. The monoisotopic (exact) mass is 266 g/mol. The maximum atomic E-state index is 12.1. The van der Waals surface area contributed by atoms with Crippen molar-refractivity contribution in [1.82, 2.24) is 10.2 Å². The molecule has 0 aromatic rings. The highest BCUT2D eigenvalue weighted by molar-refractivity contribution is 5.84. The minimum absolute atomic E-state index is 0.0222. The first-order chi connectivity index (χ1) is 9.16. The molecule has 2 aliphatic carbocycles. The van der Waals surface area contributed by atoms with E-state index in [0.29, 0.717) is 6.04 Å². The van der Waals surface area contributed by atoms with Crippen molar-refractivity contribution in [3.05, 3.63) is 0 Å². The number of hydrogen-bond donors (Lipinski definition) is 1. The van der Waals surface area contributed by atoms with Crippen LogP contribution >= 0.6 is 0 Å². The molecule has 0 aliphatic heterocycles. The van der Waals surface area contributed by atoms with E-state index in [9.17, 15) is 9.59 Å². The van der Waals surface area contributed by atoms with Crippen molar-refractivity contribution in [3.63, 3.8) is 0 Å². The molecule has 4 nitrogen and oxygen atoms in total. The Morgan fingerprint density at radius 1 is 1.00 bits per heavy atom. The summed E-state index contributed by atoms with van der Waals surface area (Å²) in [5.74, 6) is 0.0553. The Morgan fingerprint density at radius 2 is 1.58 bits per heavy atom. The van der Waals surface area contributed by atoms with Gasteiger partial charge in [-0.2, -0.15) is 0 Å². The zero-order valence-corrected chi connectivity index (χ0v) is 12.0. The highest BCUT2D eigenvalue weighted by atomic mass is 16.2. The van der Waals surface area contributed by atoms with Crippen molar-refractivity contribution in [2.45, 2.75) is 76.8 Å². The lowest BCUT2D eigenvalue weighted by molar-refractivity contribution is -0.136. The molecule has 2 saturated carbocycles. The number of rotatable bonds is 4. The van der Waals surface area contributed by atoms with Crippen molar-refractivity contribution in [2.75, 3.05) is 6.54 Å². The van der Waals surface area contributed by atoms with Crippen molar-refractivity contribution in [3.8, 4) is 0 Å². The van der Waals surface area contributed by atoms with E-state index in [2.05, 4.69) is 5.32 Å². The predicted molar refractivity (Wildman–Crippen MR) is 74.7 cm³/mol. The first-order valence-electron chi connectivity index (χ1n) is 7.73. The van der Waals surface area contributed by atoms with Gasteiger partial charge in [0.05, 0.1) is 6.54 Å². The van der Waals surface area contributed by atoms with Crippen molar-refractivity contribution >= 4 is 11.8 Å². The van der Waals surface area contributed by atoms with Crippen molar-refractivity contribution in [1.29, 1.82) is 0 Å². The van der Waals surface area contributed by atoms with Crippen LogP contribution < -0.4 is 5.32 Å². The van der Waals surface area contributed by atoms with Crippen LogP contribution in [0.1, 0.15) is 64.7 Å². The molecule has 0 bridgehead atoms. The zero-order chi connectivity index (χ0) is 13.7. The quantitative estimate of drug-likeness (QED) is 0.848. The molecule has 0 aromatic heterocycles. The number of carbonyl (C=O) groups excluding carboxylic acids is 2.